The summed E-state index contributed by atoms with van der Waals surface area (Å²) in [7, 11) is 0. The topological polar surface area (TPSA) is 99.8 Å². The van der Waals surface area contributed by atoms with Crippen LogP contribution < -0.4 is 10.6 Å². The van der Waals surface area contributed by atoms with E-state index in [-0.39, 0.29) is 17.7 Å². The van der Waals surface area contributed by atoms with Gasteiger partial charge in [0.2, 0.25) is 5.91 Å². The number of aromatic amines is 1. The number of amides is 2. The van der Waals surface area contributed by atoms with Gasteiger partial charge in [0.05, 0.1) is 17.2 Å². The first kappa shape index (κ1) is 24.7. The van der Waals surface area contributed by atoms with Crippen LogP contribution in [0.15, 0.2) is 72.5 Å². The lowest BCUT2D eigenvalue weighted by Crippen LogP contribution is -2.37. The molecule has 0 bridgehead atoms. The SMILES string of the molecule is CC=C/C(=C\C=C/C)C(=O)Nc1cc2nc(-c3ccc(NC(=O)C4CCC5CCC5C4)cc3)[nH]c2cn1. The summed E-state index contributed by atoms with van der Waals surface area (Å²) in [5.41, 5.74) is 3.71. The van der Waals surface area contributed by atoms with Crippen molar-refractivity contribution in [3.63, 3.8) is 0 Å². The van der Waals surface area contributed by atoms with Gasteiger partial charge >= 0.3 is 0 Å². The van der Waals surface area contributed by atoms with Gasteiger partial charge in [0.15, 0.2) is 0 Å². The van der Waals surface area contributed by atoms with Crippen molar-refractivity contribution in [1.82, 2.24) is 15.0 Å². The van der Waals surface area contributed by atoms with E-state index < -0.39 is 0 Å². The van der Waals surface area contributed by atoms with Gasteiger partial charge in [-0.3, -0.25) is 9.59 Å². The molecule has 3 aromatic rings. The molecule has 0 spiro atoms. The van der Waals surface area contributed by atoms with Crippen molar-refractivity contribution < 1.29 is 9.59 Å². The maximum Gasteiger partial charge on any atom is 0.256 e. The zero-order valence-electron chi connectivity index (χ0n) is 21.3. The summed E-state index contributed by atoms with van der Waals surface area (Å²) in [5.74, 6) is 2.78. The molecule has 2 aliphatic rings. The lowest BCUT2D eigenvalue weighted by molar-refractivity contribution is -0.122. The smallest absolute Gasteiger partial charge is 0.256 e. The van der Waals surface area contributed by atoms with Crippen LogP contribution in [0.1, 0.15) is 46.0 Å². The molecule has 3 atom stereocenters. The van der Waals surface area contributed by atoms with Gasteiger partial charge < -0.3 is 15.6 Å². The first-order valence-electron chi connectivity index (χ1n) is 13.1. The van der Waals surface area contributed by atoms with Gasteiger partial charge in [-0.15, -0.1) is 0 Å². The van der Waals surface area contributed by atoms with E-state index in [9.17, 15) is 9.59 Å². The highest BCUT2D eigenvalue weighted by atomic mass is 16.2. The van der Waals surface area contributed by atoms with Gasteiger partial charge in [0.1, 0.15) is 11.6 Å². The molecule has 37 heavy (non-hydrogen) atoms. The molecular formula is C30H33N5O2. The van der Waals surface area contributed by atoms with Crippen LogP contribution >= 0.6 is 0 Å². The number of H-pyrrole nitrogens is 1. The molecule has 0 saturated heterocycles. The van der Waals surface area contributed by atoms with Crippen molar-refractivity contribution >= 4 is 34.4 Å². The maximum absolute atomic E-state index is 12.8. The zero-order valence-corrected chi connectivity index (χ0v) is 21.3. The molecule has 7 heteroatoms. The molecule has 7 nitrogen and oxygen atoms in total. The molecule has 2 saturated carbocycles. The molecule has 2 aliphatic carbocycles. The molecule has 2 fully saturated rings. The van der Waals surface area contributed by atoms with Crippen molar-refractivity contribution in [2.45, 2.75) is 46.0 Å². The second kappa shape index (κ2) is 10.9. The minimum atomic E-state index is -0.239. The van der Waals surface area contributed by atoms with Crippen LogP contribution in [-0.4, -0.2) is 26.8 Å². The maximum atomic E-state index is 12.8. The van der Waals surface area contributed by atoms with Crippen LogP contribution in [0.25, 0.3) is 22.4 Å². The van der Waals surface area contributed by atoms with Gasteiger partial charge in [-0.25, -0.2) is 9.97 Å². The fourth-order valence-corrected chi connectivity index (χ4v) is 5.31. The van der Waals surface area contributed by atoms with E-state index >= 15 is 0 Å². The highest BCUT2D eigenvalue weighted by Crippen LogP contribution is 2.47. The fraction of sp³-hybridized carbons (Fsp3) is 0.333. The lowest BCUT2D eigenvalue weighted by atomic mass is 9.62. The molecule has 2 heterocycles. The highest BCUT2D eigenvalue weighted by molar-refractivity contribution is 6.06. The van der Waals surface area contributed by atoms with Crippen molar-refractivity contribution in [3.05, 3.63) is 72.5 Å². The van der Waals surface area contributed by atoms with Gasteiger partial charge in [-0.1, -0.05) is 24.3 Å². The van der Waals surface area contributed by atoms with Crippen molar-refractivity contribution in [3.8, 4) is 11.4 Å². The number of hydrogen-bond donors (Lipinski definition) is 3. The van der Waals surface area contributed by atoms with E-state index in [2.05, 4.69) is 20.6 Å². The Morgan fingerprint density at radius 3 is 2.49 bits per heavy atom. The number of nitrogens with one attached hydrogen (secondary N) is 3. The summed E-state index contributed by atoms with van der Waals surface area (Å²) in [6.45, 7) is 3.77. The van der Waals surface area contributed by atoms with Crippen LogP contribution in [0.3, 0.4) is 0 Å². The third-order valence-corrected chi connectivity index (χ3v) is 7.53. The fourth-order valence-electron chi connectivity index (χ4n) is 5.31. The molecule has 2 aromatic heterocycles. The lowest BCUT2D eigenvalue weighted by Gasteiger charge is -2.43. The predicted octanol–water partition coefficient (Wildman–Crippen LogP) is 6.41. The normalized spacial score (nSPS) is 21.7. The molecular weight excluding hydrogens is 462 g/mol. The summed E-state index contributed by atoms with van der Waals surface area (Å²) >= 11 is 0. The molecule has 5 rings (SSSR count). The third-order valence-electron chi connectivity index (χ3n) is 7.53. The standard InChI is InChI=1S/C30H33N5O2/c1-3-5-7-21(6-4-2)29(36)35-27-17-25-26(18-31-27)34-28(33-25)20-12-14-24(15-13-20)32-30(37)23-11-9-19-8-10-22(19)16-23/h3-7,12-15,17-19,22-23H,8-11,16H2,1-2H3,(H,32,37)(H,33,34)(H,31,35,36)/b5-3-,6-4?,21-7+. The van der Waals surface area contributed by atoms with Gasteiger partial charge in [0, 0.05) is 28.8 Å². The molecule has 0 radical (unpaired) electrons. The first-order chi connectivity index (χ1) is 18.0. The minimum Gasteiger partial charge on any atom is -0.337 e. The number of rotatable bonds is 7. The Morgan fingerprint density at radius 2 is 1.78 bits per heavy atom. The number of aromatic nitrogens is 3. The highest BCUT2D eigenvalue weighted by Gasteiger charge is 2.38. The Hall–Kier alpha value is -4.00. The third kappa shape index (κ3) is 5.56. The van der Waals surface area contributed by atoms with Crippen LogP contribution in [0, 0.1) is 17.8 Å². The average molecular weight is 496 g/mol. The Balaban J connectivity index is 1.25. The molecule has 3 unspecified atom stereocenters. The Labute approximate surface area is 217 Å². The van der Waals surface area contributed by atoms with Crippen LogP contribution in [0.5, 0.6) is 0 Å². The Morgan fingerprint density at radius 1 is 1.00 bits per heavy atom. The number of nitrogens with zero attached hydrogens (tertiary/aromatic N) is 2. The van der Waals surface area contributed by atoms with Gasteiger partial charge in [0.25, 0.3) is 5.91 Å². The zero-order chi connectivity index (χ0) is 25.8. The number of benzene rings is 1. The first-order valence-corrected chi connectivity index (χ1v) is 13.1. The van der Waals surface area contributed by atoms with Crippen LogP contribution in [-0.2, 0) is 9.59 Å². The molecule has 0 aliphatic heterocycles. The number of imidazole rings is 1. The predicted molar refractivity (Wildman–Crippen MR) is 148 cm³/mol. The average Bonchev–Trinajstić information content (AvgIpc) is 3.31. The Kier molecular flexibility index (Phi) is 7.30. The van der Waals surface area contributed by atoms with E-state index in [4.69, 9.17) is 4.98 Å². The van der Waals surface area contributed by atoms with E-state index in [0.717, 1.165) is 41.4 Å². The van der Waals surface area contributed by atoms with E-state index in [0.29, 0.717) is 22.7 Å². The second-order valence-electron chi connectivity index (χ2n) is 9.95. The summed E-state index contributed by atoms with van der Waals surface area (Å²) in [6, 6.07) is 9.48. The quantitative estimate of drug-likeness (QED) is 0.261. The van der Waals surface area contributed by atoms with Crippen molar-refractivity contribution in [2.75, 3.05) is 10.6 Å². The number of fused-ring (bicyclic) bond motifs is 2. The van der Waals surface area contributed by atoms with Crippen molar-refractivity contribution in [1.29, 1.82) is 0 Å². The molecule has 190 valence electrons. The van der Waals surface area contributed by atoms with Crippen LogP contribution in [0.2, 0.25) is 0 Å². The minimum absolute atomic E-state index is 0.131. The summed E-state index contributed by atoms with van der Waals surface area (Å²) in [4.78, 5) is 37.8. The molecule has 1 aromatic carbocycles. The largest absolute Gasteiger partial charge is 0.337 e. The number of allylic oxidation sites excluding steroid dienone is 4. The number of carbonyl (C=O) groups is 2. The van der Waals surface area contributed by atoms with E-state index in [1.165, 1.54) is 19.3 Å². The Bertz CT molecular complexity index is 1380. The van der Waals surface area contributed by atoms with Gasteiger partial charge in [-0.2, -0.15) is 0 Å². The monoisotopic (exact) mass is 495 g/mol. The van der Waals surface area contributed by atoms with Crippen molar-refractivity contribution in [2.24, 2.45) is 17.8 Å². The molecule has 3 N–H and O–H groups in total. The number of carbonyl (C=O) groups excluding carboxylic acids is 2. The van der Waals surface area contributed by atoms with Gasteiger partial charge in [-0.05, 0) is 88.1 Å². The second-order valence-corrected chi connectivity index (χ2v) is 9.95. The number of anilines is 2. The number of hydrogen-bond acceptors (Lipinski definition) is 4. The summed E-state index contributed by atoms with van der Waals surface area (Å²) < 4.78 is 0. The van der Waals surface area contributed by atoms with Crippen LogP contribution in [0.4, 0.5) is 11.5 Å². The summed E-state index contributed by atoms with van der Waals surface area (Å²) in [6.07, 6.45) is 16.5. The molecule has 2 amide bonds. The van der Waals surface area contributed by atoms with E-state index in [1.807, 2.05) is 56.3 Å². The summed E-state index contributed by atoms with van der Waals surface area (Å²) in [5, 5.41) is 5.94. The van der Waals surface area contributed by atoms with E-state index in [1.54, 1.807) is 24.4 Å². The number of pyridine rings is 1.